The lowest BCUT2D eigenvalue weighted by Gasteiger charge is -2.40. The minimum atomic E-state index is -1.58. The molecule has 7 unspecified atom stereocenters. The molecule has 432 valence electrons. The molecule has 0 aromatic heterocycles. The van der Waals surface area contributed by atoms with E-state index in [4.69, 9.17) is 9.47 Å². The van der Waals surface area contributed by atoms with Crippen LogP contribution in [0.3, 0.4) is 0 Å². The molecule has 0 saturated carbocycles. The maximum Gasteiger partial charge on any atom is 0.220 e. The molecule has 1 fully saturated rings. The van der Waals surface area contributed by atoms with Crippen molar-refractivity contribution in [3.63, 3.8) is 0 Å². The maximum atomic E-state index is 13.0. The van der Waals surface area contributed by atoms with Gasteiger partial charge in [0.2, 0.25) is 5.91 Å². The predicted molar refractivity (Wildman–Crippen MR) is 313 cm³/mol. The fraction of sp³-hybridized carbons (Fsp3) is 0.831. The van der Waals surface area contributed by atoms with Crippen LogP contribution < -0.4 is 5.32 Å². The Morgan fingerprint density at radius 1 is 0.459 bits per heavy atom. The van der Waals surface area contributed by atoms with Gasteiger partial charge in [-0.15, -0.1) is 0 Å². The van der Waals surface area contributed by atoms with Gasteiger partial charge in [0.05, 0.1) is 25.4 Å². The van der Waals surface area contributed by atoms with Crippen LogP contribution >= 0.6 is 0 Å². The molecule has 0 aromatic carbocycles. The van der Waals surface area contributed by atoms with Crippen molar-refractivity contribution in [2.75, 3.05) is 13.2 Å². The second-order valence-corrected chi connectivity index (χ2v) is 21.8. The van der Waals surface area contributed by atoms with Crippen molar-refractivity contribution in [3.05, 3.63) is 60.8 Å². The zero-order chi connectivity index (χ0) is 53.6. The van der Waals surface area contributed by atoms with Crippen molar-refractivity contribution in [1.29, 1.82) is 0 Å². The van der Waals surface area contributed by atoms with E-state index in [9.17, 15) is 30.3 Å². The number of amides is 1. The van der Waals surface area contributed by atoms with Crippen LogP contribution in [0.25, 0.3) is 0 Å². The van der Waals surface area contributed by atoms with E-state index in [2.05, 4.69) is 67.8 Å². The van der Waals surface area contributed by atoms with Gasteiger partial charge in [0.1, 0.15) is 24.4 Å². The lowest BCUT2D eigenvalue weighted by Crippen LogP contribution is -2.60. The normalized spacial score (nSPS) is 19.4. The third-order valence-electron chi connectivity index (χ3n) is 14.8. The third-order valence-corrected chi connectivity index (χ3v) is 14.8. The monoisotopic (exact) mass is 1040 g/mol. The molecular formula is C65H119NO8. The van der Waals surface area contributed by atoms with Crippen LogP contribution in [0, 0.1) is 0 Å². The molecular weight excluding hydrogens is 923 g/mol. The summed E-state index contributed by atoms with van der Waals surface area (Å²) in [5, 5.41) is 54.5. The SMILES string of the molecule is CCCCCC/C=C\C/C=C\CCCCCCCCCC(=O)NC(COC1OC(CO)C(O)C(O)C1O)C(O)/C=C/CC/C=C/CC/C=C/CCCCCCCCCCCCCCCCCCCCCCCCC. The van der Waals surface area contributed by atoms with E-state index >= 15 is 0 Å². The first-order valence-electron chi connectivity index (χ1n) is 31.5. The molecule has 0 radical (unpaired) electrons. The molecule has 9 nitrogen and oxygen atoms in total. The molecule has 0 bridgehead atoms. The molecule has 0 spiro atoms. The van der Waals surface area contributed by atoms with E-state index < -0.39 is 49.5 Å². The Bertz CT molecular complexity index is 1350. The van der Waals surface area contributed by atoms with Crippen LogP contribution in [-0.4, -0.2) is 87.5 Å². The van der Waals surface area contributed by atoms with Crippen LogP contribution in [-0.2, 0) is 14.3 Å². The Morgan fingerprint density at radius 2 is 0.811 bits per heavy atom. The number of aliphatic hydroxyl groups is 5. The highest BCUT2D eigenvalue weighted by Crippen LogP contribution is 2.23. The van der Waals surface area contributed by atoms with Crippen molar-refractivity contribution in [2.24, 2.45) is 0 Å². The van der Waals surface area contributed by atoms with E-state index in [1.165, 1.54) is 205 Å². The number of ether oxygens (including phenoxy) is 2. The summed E-state index contributed by atoms with van der Waals surface area (Å²) >= 11 is 0. The molecule has 1 aliphatic rings. The highest BCUT2D eigenvalue weighted by atomic mass is 16.7. The second kappa shape index (κ2) is 54.3. The van der Waals surface area contributed by atoms with Crippen LogP contribution in [0.5, 0.6) is 0 Å². The molecule has 9 heteroatoms. The van der Waals surface area contributed by atoms with Crippen molar-refractivity contribution < 1.29 is 39.8 Å². The fourth-order valence-corrected chi connectivity index (χ4v) is 9.81. The van der Waals surface area contributed by atoms with E-state index in [0.29, 0.717) is 6.42 Å². The third kappa shape index (κ3) is 42.9. The van der Waals surface area contributed by atoms with Crippen LogP contribution in [0.4, 0.5) is 0 Å². The van der Waals surface area contributed by atoms with Crippen LogP contribution in [0.1, 0.15) is 290 Å². The van der Waals surface area contributed by atoms with Crippen molar-refractivity contribution in [2.45, 2.75) is 333 Å². The topological polar surface area (TPSA) is 149 Å². The van der Waals surface area contributed by atoms with Gasteiger partial charge in [-0.05, 0) is 77.0 Å². The van der Waals surface area contributed by atoms with Crippen molar-refractivity contribution in [1.82, 2.24) is 5.32 Å². The van der Waals surface area contributed by atoms with Crippen molar-refractivity contribution in [3.8, 4) is 0 Å². The summed E-state index contributed by atoms with van der Waals surface area (Å²) < 4.78 is 11.3. The van der Waals surface area contributed by atoms with Gasteiger partial charge in [-0.1, -0.05) is 267 Å². The number of rotatable bonds is 54. The Balaban J connectivity index is 2.19. The lowest BCUT2D eigenvalue weighted by molar-refractivity contribution is -0.302. The molecule has 7 atom stereocenters. The second-order valence-electron chi connectivity index (χ2n) is 21.8. The molecule has 1 rings (SSSR count). The van der Waals surface area contributed by atoms with Crippen LogP contribution in [0.15, 0.2) is 60.8 Å². The van der Waals surface area contributed by atoms with Gasteiger partial charge < -0.3 is 40.3 Å². The van der Waals surface area contributed by atoms with Gasteiger partial charge in [0.15, 0.2) is 6.29 Å². The van der Waals surface area contributed by atoms with E-state index in [1.54, 1.807) is 6.08 Å². The Kier molecular flexibility index (Phi) is 51.3. The van der Waals surface area contributed by atoms with Crippen molar-refractivity contribution >= 4 is 5.91 Å². The summed E-state index contributed by atoms with van der Waals surface area (Å²) in [5.41, 5.74) is 0. The molecule has 0 aliphatic carbocycles. The van der Waals surface area contributed by atoms with Gasteiger partial charge in [-0.2, -0.15) is 0 Å². The van der Waals surface area contributed by atoms with Gasteiger partial charge in [-0.3, -0.25) is 4.79 Å². The molecule has 0 aromatic rings. The summed E-state index contributed by atoms with van der Waals surface area (Å²) in [6, 6.07) is -0.836. The summed E-state index contributed by atoms with van der Waals surface area (Å²) in [6.45, 7) is 3.76. The smallest absolute Gasteiger partial charge is 0.220 e. The van der Waals surface area contributed by atoms with Crippen LogP contribution in [0.2, 0.25) is 0 Å². The van der Waals surface area contributed by atoms with E-state index in [1.807, 2.05) is 6.08 Å². The molecule has 1 aliphatic heterocycles. The van der Waals surface area contributed by atoms with Gasteiger partial charge in [0.25, 0.3) is 0 Å². The zero-order valence-corrected chi connectivity index (χ0v) is 48.1. The molecule has 1 saturated heterocycles. The molecule has 1 heterocycles. The molecule has 1 amide bonds. The number of aliphatic hydroxyl groups excluding tert-OH is 5. The minimum absolute atomic E-state index is 0.198. The minimum Gasteiger partial charge on any atom is -0.394 e. The molecule has 74 heavy (non-hydrogen) atoms. The summed E-state index contributed by atoms with van der Waals surface area (Å²) in [4.78, 5) is 13.0. The highest BCUT2D eigenvalue weighted by molar-refractivity contribution is 5.76. The largest absolute Gasteiger partial charge is 0.394 e. The number of nitrogens with one attached hydrogen (secondary N) is 1. The first kappa shape index (κ1) is 69.9. The summed E-state index contributed by atoms with van der Waals surface area (Å²) in [6.07, 6.45) is 67.4. The maximum absolute atomic E-state index is 13.0. The summed E-state index contributed by atoms with van der Waals surface area (Å²) in [7, 11) is 0. The number of carbonyl (C=O) groups excluding carboxylic acids is 1. The standard InChI is InChI=1S/C65H119NO8/c1-3-5-7-9-11-13-15-17-19-21-23-24-25-26-27-28-29-30-31-32-33-34-35-36-37-38-40-42-44-46-48-50-52-54-59(68)58(57-73-65-64(72)63(71)62(70)60(56-67)74-65)66-61(69)55-53-51-49-47-45-43-41-39-22-20-18-16-14-12-10-8-6-4-2/h14,16,20,22,37-38,44,46,52,54,58-60,62-65,67-68,70-72H,3-13,15,17-19,21,23-36,39-43,45,47-51,53,55-57H2,1-2H3,(H,66,69)/b16-14-,22-20-,38-37+,46-44+,54-52+. The van der Waals surface area contributed by atoms with E-state index in [0.717, 1.165) is 64.2 Å². The average Bonchev–Trinajstić information content (AvgIpc) is 3.40. The first-order valence-corrected chi connectivity index (χ1v) is 31.5. The number of unbranched alkanes of at least 4 members (excludes halogenated alkanes) is 36. The number of allylic oxidation sites excluding steroid dienone is 9. The zero-order valence-electron chi connectivity index (χ0n) is 48.1. The van der Waals surface area contributed by atoms with E-state index in [-0.39, 0.29) is 12.5 Å². The fourth-order valence-electron chi connectivity index (χ4n) is 9.81. The average molecular weight is 1040 g/mol. The highest BCUT2D eigenvalue weighted by Gasteiger charge is 2.44. The van der Waals surface area contributed by atoms with Gasteiger partial charge in [0, 0.05) is 6.42 Å². The van der Waals surface area contributed by atoms with Gasteiger partial charge in [-0.25, -0.2) is 0 Å². The first-order chi connectivity index (χ1) is 36.3. The summed E-state index contributed by atoms with van der Waals surface area (Å²) in [5.74, 6) is -0.198. The Hall–Kier alpha value is -2.11. The van der Waals surface area contributed by atoms with Gasteiger partial charge >= 0.3 is 0 Å². The Morgan fingerprint density at radius 3 is 1.23 bits per heavy atom. The molecule has 6 N–H and O–H groups in total. The predicted octanol–water partition coefficient (Wildman–Crippen LogP) is 16.2. The number of carbonyl (C=O) groups is 1. The Labute approximate surface area is 456 Å². The quantitative estimate of drug-likeness (QED) is 0.0261. The number of hydrogen-bond acceptors (Lipinski definition) is 8. The number of hydrogen-bond donors (Lipinski definition) is 6. The lowest BCUT2D eigenvalue weighted by atomic mass is 9.99.